The molecule has 0 bridgehead atoms. The molecule has 2 atom stereocenters. The number of halogens is 1. The summed E-state index contributed by atoms with van der Waals surface area (Å²) in [6.45, 7) is 7.30. The predicted molar refractivity (Wildman–Crippen MR) is 223 cm³/mol. The molecule has 6 heterocycles. The second kappa shape index (κ2) is 16.3. The SMILES string of the molecule is CNC(=O)COc1cc2cc(Nc3nc(N4CCN(C(C)C5CCN(c6cccc7c(C8CCC(=O)NC8=O)nn(C)c67)CC5)CC4)ncc3Cl)ccc2n(C)c1=O. The van der Waals surface area contributed by atoms with E-state index >= 15 is 0 Å². The molecule has 58 heavy (non-hydrogen) atoms. The van der Waals surface area contributed by atoms with Gasteiger partial charge in [-0.2, -0.15) is 10.1 Å². The van der Waals surface area contributed by atoms with Gasteiger partial charge >= 0.3 is 0 Å². The van der Waals surface area contributed by atoms with E-state index in [-0.39, 0.29) is 35.6 Å². The molecule has 3 aliphatic rings. The lowest BCUT2D eigenvalue weighted by atomic mass is 9.88. The van der Waals surface area contributed by atoms with E-state index in [1.807, 2.05) is 42.1 Å². The number of carbonyl (C=O) groups excluding carboxylic acids is 3. The van der Waals surface area contributed by atoms with Gasteiger partial charge in [0.25, 0.3) is 11.5 Å². The Labute approximate surface area is 340 Å². The second-order valence-electron chi connectivity index (χ2n) is 15.4. The fraction of sp³-hybridized carbons (Fsp3) is 0.439. The number of hydrogen-bond donors (Lipinski definition) is 3. The summed E-state index contributed by atoms with van der Waals surface area (Å²) in [5.74, 6) is 0.465. The number of para-hydroxylation sites is 1. The summed E-state index contributed by atoms with van der Waals surface area (Å²) in [6.07, 6.45) is 4.56. The number of rotatable bonds is 10. The molecule has 0 spiro atoms. The molecule has 3 fully saturated rings. The Morgan fingerprint density at radius 2 is 1.78 bits per heavy atom. The quantitative estimate of drug-likeness (QED) is 0.175. The van der Waals surface area contributed by atoms with Crippen molar-refractivity contribution in [2.45, 2.75) is 44.6 Å². The highest BCUT2D eigenvalue weighted by Crippen LogP contribution is 2.37. The summed E-state index contributed by atoms with van der Waals surface area (Å²) in [6, 6.07) is 13.9. The van der Waals surface area contributed by atoms with Gasteiger partial charge in [-0.15, -0.1) is 0 Å². The van der Waals surface area contributed by atoms with Crippen molar-refractivity contribution in [1.82, 2.24) is 39.8 Å². The van der Waals surface area contributed by atoms with Crippen molar-refractivity contribution >= 4 is 74.3 Å². The fourth-order valence-corrected chi connectivity index (χ4v) is 8.78. The average molecular weight is 810 g/mol. The van der Waals surface area contributed by atoms with Gasteiger partial charge in [-0.1, -0.05) is 23.7 Å². The largest absolute Gasteiger partial charge is 0.478 e. The third-order valence-corrected chi connectivity index (χ3v) is 12.3. The predicted octanol–water partition coefficient (Wildman–Crippen LogP) is 3.68. The number of hydrogen-bond acceptors (Lipinski definition) is 12. The van der Waals surface area contributed by atoms with Crippen molar-refractivity contribution in [3.8, 4) is 5.75 Å². The summed E-state index contributed by atoms with van der Waals surface area (Å²) < 4.78 is 8.90. The summed E-state index contributed by atoms with van der Waals surface area (Å²) in [5.41, 5.74) is 3.99. The minimum atomic E-state index is -0.427. The third kappa shape index (κ3) is 7.65. The Morgan fingerprint density at radius 1 is 1.00 bits per heavy atom. The van der Waals surface area contributed by atoms with Gasteiger partial charge in [-0.25, -0.2) is 4.98 Å². The molecule has 0 saturated carbocycles. The maximum Gasteiger partial charge on any atom is 0.293 e. The zero-order valence-electron chi connectivity index (χ0n) is 33.1. The summed E-state index contributed by atoms with van der Waals surface area (Å²) >= 11 is 6.59. The molecule has 16 nitrogen and oxygen atoms in total. The number of likely N-dealkylation sites (N-methyl/N-ethyl adjacent to an activating group) is 1. The fourth-order valence-electron chi connectivity index (χ4n) is 8.65. The van der Waals surface area contributed by atoms with E-state index in [9.17, 15) is 19.2 Å². The van der Waals surface area contributed by atoms with Crippen LogP contribution < -0.4 is 36.0 Å². The topological polar surface area (TPSA) is 172 Å². The van der Waals surface area contributed by atoms with Crippen LogP contribution in [0.3, 0.4) is 0 Å². The van der Waals surface area contributed by atoms with Crippen LogP contribution in [-0.2, 0) is 28.5 Å². The van der Waals surface area contributed by atoms with Crippen LogP contribution in [0.2, 0.25) is 5.02 Å². The first-order valence-electron chi connectivity index (χ1n) is 19.8. The van der Waals surface area contributed by atoms with Gasteiger partial charge in [0.05, 0.1) is 34.5 Å². The molecule has 304 valence electrons. The van der Waals surface area contributed by atoms with Crippen LogP contribution in [0.25, 0.3) is 21.8 Å². The molecule has 0 radical (unpaired) electrons. The maximum atomic E-state index is 12.8. The molecule has 3 aliphatic heterocycles. The molecule has 3 saturated heterocycles. The van der Waals surface area contributed by atoms with Crippen molar-refractivity contribution in [2.24, 2.45) is 20.0 Å². The number of aromatic nitrogens is 5. The molecular weight excluding hydrogens is 762 g/mol. The molecule has 17 heteroatoms. The van der Waals surface area contributed by atoms with E-state index in [0.717, 1.165) is 79.8 Å². The number of pyridine rings is 1. The zero-order valence-corrected chi connectivity index (χ0v) is 33.9. The summed E-state index contributed by atoms with van der Waals surface area (Å²) in [5, 5.41) is 15.2. The number of nitrogens with zero attached hydrogens (tertiary/aromatic N) is 8. The van der Waals surface area contributed by atoms with Crippen LogP contribution in [0.5, 0.6) is 5.75 Å². The molecule has 0 aliphatic carbocycles. The van der Waals surface area contributed by atoms with Crippen LogP contribution in [0.1, 0.15) is 44.2 Å². The standard InChI is InChI=1S/C41H48ClN11O5/c1-24(25-12-14-52(15-13-25)32-7-5-6-28-36(48-50(4)37(28)32)29-9-11-34(54)46-39(29)56)51-16-18-53(19-17-51)41-44-22-30(42)38(47-41)45-27-8-10-31-26(20-27)21-33(40(57)49(31)3)58-23-35(55)43-2/h5-8,10,20-22,24-25,29H,9,11-19,23H2,1-4H3,(H,43,55)(H,44,45,47)(H,46,54,56). The van der Waals surface area contributed by atoms with Crippen molar-refractivity contribution in [3.63, 3.8) is 0 Å². The maximum absolute atomic E-state index is 12.8. The molecule has 3 amide bonds. The number of amides is 3. The minimum Gasteiger partial charge on any atom is -0.478 e. The minimum absolute atomic E-state index is 0.0825. The summed E-state index contributed by atoms with van der Waals surface area (Å²) in [7, 11) is 5.11. The lowest BCUT2D eigenvalue weighted by Gasteiger charge is -2.43. The van der Waals surface area contributed by atoms with Gasteiger partial charge < -0.3 is 29.7 Å². The number of piperazine rings is 1. The van der Waals surface area contributed by atoms with Crippen LogP contribution in [0.15, 0.2) is 53.5 Å². The van der Waals surface area contributed by atoms with E-state index in [2.05, 4.69) is 48.6 Å². The number of fused-ring (bicyclic) bond motifs is 2. The number of ether oxygens (including phenoxy) is 1. The van der Waals surface area contributed by atoms with Crippen molar-refractivity contribution in [3.05, 3.63) is 69.7 Å². The number of piperidine rings is 2. The number of nitrogens with one attached hydrogen (secondary N) is 3. The Bertz CT molecular complexity index is 2450. The lowest BCUT2D eigenvalue weighted by molar-refractivity contribution is -0.134. The molecular formula is C41H48ClN11O5. The highest BCUT2D eigenvalue weighted by Gasteiger charge is 2.34. The van der Waals surface area contributed by atoms with Crippen molar-refractivity contribution < 1.29 is 19.1 Å². The van der Waals surface area contributed by atoms with Crippen LogP contribution in [0.4, 0.5) is 23.1 Å². The first-order valence-corrected chi connectivity index (χ1v) is 20.2. The first-order chi connectivity index (χ1) is 28.0. The van der Waals surface area contributed by atoms with Gasteiger partial charge in [0, 0.05) is 89.3 Å². The molecule has 2 unspecified atom stereocenters. The average Bonchev–Trinajstić information content (AvgIpc) is 3.57. The number of benzene rings is 2. The van der Waals surface area contributed by atoms with E-state index in [4.69, 9.17) is 26.4 Å². The first kappa shape index (κ1) is 39.1. The van der Waals surface area contributed by atoms with Crippen LogP contribution in [0, 0.1) is 5.92 Å². The lowest BCUT2D eigenvalue weighted by Crippen LogP contribution is -2.53. The molecule has 3 aromatic heterocycles. The van der Waals surface area contributed by atoms with E-state index in [0.29, 0.717) is 52.8 Å². The van der Waals surface area contributed by atoms with E-state index in [1.54, 1.807) is 19.3 Å². The Kier molecular flexibility index (Phi) is 11.0. The smallest absolute Gasteiger partial charge is 0.293 e. The van der Waals surface area contributed by atoms with Crippen molar-refractivity contribution in [2.75, 3.05) is 68.0 Å². The van der Waals surface area contributed by atoms with Gasteiger partial charge in [-0.05, 0) is 62.4 Å². The Balaban J connectivity index is 0.883. The van der Waals surface area contributed by atoms with Gasteiger partial charge in [-0.3, -0.25) is 34.1 Å². The normalized spacial score (nSPS) is 18.7. The number of imide groups is 1. The van der Waals surface area contributed by atoms with Gasteiger partial charge in [0.1, 0.15) is 5.02 Å². The van der Waals surface area contributed by atoms with Gasteiger partial charge in [0.15, 0.2) is 18.2 Å². The van der Waals surface area contributed by atoms with Crippen LogP contribution >= 0.6 is 11.6 Å². The highest BCUT2D eigenvalue weighted by atomic mass is 35.5. The summed E-state index contributed by atoms with van der Waals surface area (Å²) in [4.78, 5) is 65.7. The molecule has 5 aromatic rings. The monoisotopic (exact) mass is 809 g/mol. The highest BCUT2D eigenvalue weighted by molar-refractivity contribution is 6.33. The third-order valence-electron chi connectivity index (χ3n) is 12.0. The number of aryl methyl sites for hydroxylation is 2. The Hall–Kier alpha value is -5.74. The van der Waals surface area contributed by atoms with E-state index < -0.39 is 5.92 Å². The molecule has 8 rings (SSSR count). The second-order valence-corrected chi connectivity index (χ2v) is 15.8. The number of anilines is 4. The van der Waals surface area contributed by atoms with Crippen molar-refractivity contribution in [1.29, 1.82) is 0 Å². The van der Waals surface area contributed by atoms with E-state index in [1.165, 1.54) is 11.6 Å². The number of carbonyl (C=O) groups is 3. The van der Waals surface area contributed by atoms with Gasteiger partial charge in [0.2, 0.25) is 17.8 Å². The zero-order chi connectivity index (χ0) is 40.7. The Morgan fingerprint density at radius 3 is 2.52 bits per heavy atom. The molecule has 2 aromatic carbocycles. The van der Waals surface area contributed by atoms with Crippen LogP contribution in [-0.4, -0.2) is 106 Å². The molecule has 3 N–H and O–H groups in total.